The van der Waals surface area contributed by atoms with Gasteiger partial charge in [0, 0.05) is 19.7 Å². The Bertz CT molecular complexity index is 825. The third kappa shape index (κ3) is 5.60. The molecular weight excluding hydrogens is 346 g/mol. The van der Waals surface area contributed by atoms with Gasteiger partial charge in [0.15, 0.2) is 23.9 Å². The van der Waals surface area contributed by atoms with Gasteiger partial charge in [0.1, 0.15) is 5.75 Å². The molecule has 0 heterocycles. The summed E-state index contributed by atoms with van der Waals surface area (Å²) in [7, 11) is 6.46. The molecule has 0 aromatic heterocycles. The van der Waals surface area contributed by atoms with E-state index in [-0.39, 0.29) is 18.3 Å². The molecule has 142 valence electrons. The first-order valence-electron chi connectivity index (χ1n) is 8.32. The van der Waals surface area contributed by atoms with Crippen LogP contribution in [0.4, 0.5) is 0 Å². The van der Waals surface area contributed by atoms with Gasteiger partial charge < -0.3 is 19.1 Å². The normalized spacial score (nSPS) is 10.5. The van der Waals surface area contributed by atoms with Gasteiger partial charge in [0.05, 0.1) is 14.2 Å². The van der Waals surface area contributed by atoms with Gasteiger partial charge >= 0.3 is 0 Å². The summed E-state index contributed by atoms with van der Waals surface area (Å²) in [5.41, 5.74) is 1.35. The minimum absolute atomic E-state index is 0.0422. The number of rotatable bonds is 8. The number of amides is 1. The Labute approximate surface area is 159 Å². The highest BCUT2D eigenvalue weighted by Crippen LogP contribution is 2.28. The Hall–Kier alpha value is -3.28. The molecule has 0 aliphatic rings. The van der Waals surface area contributed by atoms with Crippen LogP contribution >= 0.6 is 0 Å². The maximum Gasteiger partial charge on any atom is 0.259 e. The van der Waals surface area contributed by atoms with E-state index in [0.717, 1.165) is 5.56 Å². The van der Waals surface area contributed by atoms with Crippen LogP contribution in [0.3, 0.4) is 0 Å². The minimum atomic E-state index is -0.138. The molecule has 2 aromatic rings. The van der Waals surface area contributed by atoms with Crippen molar-refractivity contribution in [3.8, 4) is 17.2 Å². The number of hydrogen-bond donors (Lipinski definition) is 0. The smallest absolute Gasteiger partial charge is 0.259 e. The van der Waals surface area contributed by atoms with E-state index in [4.69, 9.17) is 14.2 Å². The van der Waals surface area contributed by atoms with Crippen molar-refractivity contribution in [2.24, 2.45) is 0 Å². The summed E-state index contributed by atoms with van der Waals surface area (Å²) in [5, 5.41) is 0. The number of ether oxygens (including phenoxy) is 3. The zero-order valence-corrected chi connectivity index (χ0v) is 15.9. The molecule has 0 spiro atoms. The first-order chi connectivity index (χ1) is 12.9. The zero-order valence-electron chi connectivity index (χ0n) is 15.9. The van der Waals surface area contributed by atoms with Crippen molar-refractivity contribution in [2.75, 3.05) is 34.9 Å². The van der Waals surface area contributed by atoms with Gasteiger partial charge in [0.2, 0.25) is 0 Å². The molecular formula is C21H23NO5. The molecule has 0 aliphatic heterocycles. The molecule has 0 bridgehead atoms. The molecule has 0 saturated heterocycles. The van der Waals surface area contributed by atoms with Crippen molar-refractivity contribution >= 4 is 17.8 Å². The largest absolute Gasteiger partial charge is 0.493 e. The minimum Gasteiger partial charge on any atom is -0.493 e. The number of benzene rings is 2. The van der Waals surface area contributed by atoms with Crippen LogP contribution in [0, 0.1) is 0 Å². The molecule has 1 amide bonds. The number of carbonyl (C=O) groups excluding carboxylic acids is 2. The summed E-state index contributed by atoms with van der Waals surface area (Å²) in [6, 6.07) is 12.1. The van der Waals surface area contributed by atoms with Gasteiger partial charge in [-0.25, -0.2) is 0 Å². The Morgan fingerprint density at radius 1 is 0.963 bits per heavy atom. The van der Waals surface area contributed by atoms with E-state index in [2.05, 4.69) is 0 Å². The average molecular weight is 369 g/mol. The zero-order chi connectivity index (χ0) is 19.8. The standard InChI is InChI=1S/C21H23NO5/c1-22(2)21(24)14-27-17-9-7-16(8-10-17)18(23)11-5-15-6-12-19(25-3)20(13-15)26-4/h5-13H,14H2,1-4H3. The third-order valence-corrected chi connectivity index (χ3v) is 3.83. The predicted molar refractivity (Wildman–Crippen MR) is 104 cm³/mol. The number of methoxy groups -OCH3 is 2. The summed E-state index contributed by atoms with van der Waals surface area (Å²) in [5.74, 6) is 1.49. The van der Waals surface area contributed by atoms with E-state index in [1.807, 2.05) is 6.07 Å². The fraction of sp³-hybridized carbons (Fsp3) is 0.238. The van der Waals surface area contributed by atoms with Crippen LogP contribution < -0.4 is 14.2 Å². The highest BCUT2D eigenvalue weighted by molar-refractivity contribution is 6.06. The molecule has 2 rings (SSSR count). The monoisotopic (exact) mass is 369 g/mol. The molecule has 6 nitrogen and oxygen atoms in total. The van der Waals surface area contributed by atoms with Crippen molar-refractivity contribution in [3.05, 3.63) is 59.7 Å². The molecule has 0 N–H and O–H groups in total. The second-order valence-electron chi connectivity index (χ2n) is 5.91. The van der Waals surface area contributed by atoms with E-state index >= 15 is 0 Å². The van der Waals surface area contributed by atoms with E-state index < -0.39 is 0 Å². The maximum atomic E-state index is 12.3. The van der Waals surface area contributed by atoms with Gasteiger partial charge in [0.25, 0.3) is 5.91 Å². The van der Waals surface area contributed by atoms with Crippen LogP contribution in [0.15, 0.2) is 48.5 Å². The number of likely N-dealkylation sites (N-methyl/N-ethyl adjacent to an activating group) is 1. The van der Waals surface area contributed by atoms with Gasteiger partial charge in [-0.15, -0.1) is 0 Å². The van der Waals surface area contributed by atoms with Crippen molar-refractivity contribution in [1.82, 2.24) is 4.90 Å². The second-order valence-corrected chi connectivity index (χ2v) is 5.91. The number of ketones is 1. The fourth-order valence-electron chi connectivity index (χ4n) is 2.21. The Morgan fingerprint density at radius 2 is 1.63 bits per heavy atom. The predicted octanol–water partition coefficient (Wildman–Crippen LogP) is 3.07. The first-order valence-corrected chi connectivity index (χ1v) is 8.32. The Kier molecular flexibility index (Phi) is 7.00. The van der Waals surface area contributed by atoms with E-state index in [0.29, 0.717) is 22.8 Å². The van der Waals surface area contributed by atoms with Gasteiger partial charge in [-0.3, -0.25) is 9.59 Å². The summed E-state index contributed by atoms with van der Waals surface area (Å²) >= 11 is 0. The van der Waals surface area contributed by atoms with Crippen molar-refractivity contribution in [3.63, 3.8) is 0 Å². The van der Waals surface area contributed by atoms with E-state index in [1.165, 1.54) is 11.0 Å². The van der Waals surface area contributed by atoms with Gasteiger partial charge in [-0.05, 0) is 48.0 Å². The molecule has 0 saturated carbocycles. The lowest BCUT2D eigenvalue weighted by molar-refractivity contribution is -0.130. The summed E-state index contributed by atoms with van der Waals surface area (Å²) in [6.45, 7) is -0.0422. The van der Waals surface area contributed by atoms with Crippen LogP contribution in [-0.4, -0.2) is 51.5 Å². The lowest BCUT2D eigenvalue weighted by Gasteiger charge is -2.11. The molecule has 2 aromatic carbocycles. The lowest BCUT2D eigenvalue weighted by Crippen LogP contribution is -2.27. The van der Waals surface area contributed by atoms with Gasteiger partial charge in [-0.1, -0.05) is 12.1 Å². The highest BCUT2D eigenvalue weighted by atomic mass is 16.5. The lowest BCUT2D eigenvalue weighted by atomic mass is 10.1. The highest BCUT2D eigenvalue weighted by Gasteiger charge is 2.07. The van der Waals surface area contributed by atoms with Gasteiger partial charge in [-0.2, -0.15) is 0 Å². The summed E-state index contributed by atoms with van der Waals surface area (Å²) < 4.78 is 15.8. The number of hydrogen-bond acceptors (Lipinski definition) is 5. The molecule has 0 aliphatic carbocycles. The number of allylic oxidation sites excluding steroid dienone is 1. The third-order valence-electron chi connectivity index (χ3n) is 3.83. The molecule has 0 atom stereocenters. The maximum absolute atomic E-state index is 12.3. The Morgan fingerprint density at radius 3 is 2.22 bits per heavy atom. The molecule has 0 fully saturated rings. The molecule has 6 heteroatoms. The second kappa shape index (κ2) is 9.43. The van der Waals surface area contributed by atoms with Crippen LogP contribution in [0.5, 0.6) is 17.2 Å². The van der Waals surface area contributed by atoms with Crippen LogP contribution in [0.25, 0.3) is 6.08 Å². The summed E-state index contributed by atoms with van der Waals surface area (Å²) in [6.07, 6.45) is 3.21. The quantitative estimate of drug-likeness (QED) is 0.529. The van der Waals surface area contributed by atoms with Crippen molar-refractivity contribution in [1.29, 1.82) is 0 Å². The molecule has 27 heavy (non-hydrogen) atoms. The Balaban J connectivity index is 2.01. The van der Waals surface area contributed by atoms with Crippen molar-refractivity contribution in [2.45, 2.75) is 0 Å². The number of nitrogens with zero attached hydrogens (tertiary/aromatic N) is 1. The van der Waals surface area contributed by atoms with Crippen LogP contribution in [-0.2, 0) is 4.79 Å². The average Bonchev–Trinajstić information content (AvgIpc) is 2.70. The number of carbonyl (C=O) groups is 2. The topological polar surface area (TPSA) is 65.1 Å². The van der Waals surface area contributed by atoms with Crippen LogP contribution in [0.1, 0.15) is 15.9 Å². The van der Waals surface area contributed by atoms with E-state index in [1.54, 1.807) is 70.8 Å². The van der Waals surface area contributed by atoms with Crippen LogP contribution in [0.2, 0.25) is 0 Å². The molecule has 0 radical (unpaired) electrons. The molecule has 0 unspecified atom stereocenters. The SMILES string of the molecule is COc1ccc(C=CC(=O)c2ccc(OCC(=O)N(C)C)cc2)cc1OC. The fourth-order valence-corrected chi connectivity index (χ4v) is 2.21. The summed E-state index contributed by atoms with van der Waals surface area (Å²) in [4.78, 5) is 25.3. The van der Waals surface area contributed by atoms with E-state index in [9.17, 15) is 9.59 Å². The van der Waals surface area contributed by atoms with Crippen molar-refractivity contribution < 1.29 is 23.8 Å². The first kappa shape index (κ1) is 20.0.